The van der Waals surface area contributed by atoms with Gasteiger partial charge in [-0.05, 0) is 60.5 Å². The Morgan fingerprint density at radius 2 is 1.69 bits per heavy atom. The number of carbonyl (C=O) groups is 2. The van der Waals surface area contributed by atoms with Gasteiger partial charge >= 0.3 is 0 Å². The quantitative estimate of drug-likeness (QED) is 0.298. The Bertz CT molecular complexity index is 1220. The van der Waals surface area contributed by atoms with Crippen molar-refractivity contribution in [2.45, 2.75) is 26.8 Å². The van der Waals surface area contributed by atoms with Crippen molar-refractivity contribution in [1.29, 1.82) is 0 Å². The molecule has 188 valence electrons. The number of nitrogens with one attached hydrogen (secondary N) is 2. The standard InChI is InChI=1S/C28H30BrN3O3S/c1-19(2)15-16-35-25-14-13-21(29)17-23(25)26(33)31-28(36)30-24-12-8-7-11-22(24)27(34)32(3)18-20-9-5-4-6-10-20/h4-14,17,19H,15-16,18H2,1-3H3,(H2,30,31,33,36). The van der Waals surface area contributed by atoms with Crippen LogP contribution in [-0.2, 0) is 6.54 Å². The highest BCUT2D eigenvalue weighted by Crippen LogP contribution is 2.24. The molecule has 0 saturated carbocycles. The Morgan fingerprint density at radius 1 is 1.00 bits per heavy atom. The predicted octanol–water partition coefficient (Wildman–Crippen LogP) is 6.27. The Morgan fingerprint density at radius 3 is 2.42 bits per heavy atom. The van der Waals surface area contributed by atoms with Crippen LogP contribution in [0.15, 0.2) is 77.3 Å². The van der Waals surface area contributed by atoms with Crippen molar-refractivity contribution < 1.29 is 14.3 Å². The van der Waals surface area contributed by atoms with E-state index in [0.29, 0.717) is 41.6 Å². The Labute approximate surface area is 226 Å². The van der Waals surface area contributed by atoms with E-state index in [-0.39, 0.29) is 11.0 Å². The molecule has 2 amide bonds. The first-order chi connectivity index (χ1) is 17.2. The number of carbonyl (C=O) groups excluding carboxylic acids is 2. The summed E-state index contributed by atoms with van der Waals surface area (Å²) in [5.74, 6) is 0.406. The summed E-state index contributed by atoms with van der Waals surface area (Å²) in [5.41, 5.74) is 2.36. The maximum Gasteiger partial charge on any atom is 0.261 e. The van der Waals surface area contributed by atoms with Gasteiger partial charge in [-0.3, -0.25) is 14.9 Å². The second-order valence-electron chi connectivity index (χ2n) is 8.77. The third-order valence-electron chi connectivity index (χ3n) is 5.38. The lowest BCUT2D eigenvalue weighted by Crippen LogP contribution is -2.35. The molecule has 3 aromatic rings. The number of ether oxygens (including phenoxy) is 1. The van der Waals surface area contributed by atoms with Gasteiger partial charge in [-0.15, -0.1) is 0 Å². The third-order valence-corrected chi connectivity index (χ3v) is 6.08. The summed E-state index contributed by atoms with van der Waals surface area (Å²) in [6, 6.07) is 22.1. The lowest BCUT2D eigenvalue weighted by atomic mass is 10.1. The summed E-state index contributed by atoms with van der Waals surface area (Å²) < 4.78 is 6.60. The summed E-state index contributed by atoms with van der Waals surface area (Å²) in [7, 11) is 1.75. The van der Waals surface area contributed by atoms with E-state index in [4.69, 9.17) is 17.0 Å². The number of thiocarbonyl (C=S) groups is 1. The van der Waals surface area contributed by atoms with Gasteiger partial charge in [0.1, 0.15) is 5.75 Å². The lowest BCUT2D eigenvalue weighted by molar-refractivity contribution is 0.0786. The number of amides is 2. The van der Waals surface area contributed by atoms with Gasteiger partial charge < -0.3 is 15.0 Å². The summed E-state index contributed by atoms with van der Waals surface area (Å²) in [6.45, 7) is 5.21. The van der Waals surface area contributed by atoms with Gasteiger partial charge in [0.15, 0.2) is 5.11 Å². The average Bonchev–Trinajstić information content (AvgIpc) is 2.85. The average molecular weight is 569 g/mol. The smallest absolute Gasteiger partial charge is 0.261 e. The number of para-hydroxylation sites is 1. The van der Waals surface area contributed by atoms with Gasteiger partial charge in [-0.1, -0.05) is 72.2 Å². The van der Waals surface area contributed by atoms with E-state index in [9.17, 15) is 9.59 Å². The van der Waals surface area contributed by atoms with Crippen LogP contribution in [0.25, 0.3) is 0 Å². The molecular weight excluding hydrogens is 538 g/mol. The van der Waals surface area contributed by atoms with E-state index in [1.807, 2.05) is 36.4 Å². The Balaban J connectivity index is 1.69. The van der Waals surface area contributed by atoms with Gasteiger partial charge in [0.05, 0.1) is 23.4 Å². The molecule has 0 bridgehead atoms. The van der Waals surface area contributed by atoms with Crippen molar-refractivity contribution in [3.05, 3.63) is 94.0 Å². The molecule has 0 fully saturated rings. The molecule has 8 heteroatoms. The molecule has 36 heavy (non-hydrogen) atoms. The van der Waals surface area contributed by atoms with Gasteiger partial charge in [0.2, 0.25) is 0 Å². The first kappa shape index (κ1) is 27.4. The number of nitrogens with zero attached hydrogens (tertiary/aromatic N) is 1. The molecule has 3 aromatic carbocycles. The van der Waals surface area contributed by atoms with Gasteiger partial charge in [-0.25, -0.2) is 0 Å². The van der Waals surface area contributed by atoms with Crippen LogP contribution in [0.2, 0.25) is 0 Å². The van der Waals surface area contributed by atoms with Crippen molar-refractivity contribution >= 4 is 50.8 Å². The molecule has 6 nitrogen and oxygen atoms in total. The van der Waals surface area contributed by atoms with Crippen LogP contribution in [0.4, 0.5) is 5.69 Å². The van der Waals surface area contributed by atoms with E-state index in [1.54, 1.807) is 48.3 Å². The second-order valence-corrected chi connectivity index (χ2v) is 10.1. The van der Waals surface area contributed by atoms with Crippen LogP contribution >= 0.6 is 28.1 Å². The molecule has 0 spiro atoms. The fraction of sp³-hybridized carbons (Fsp3) is 0.250. The fourth-order valence-corrected chi connectivity index (χ4v) is 4.01. The zero-order valence-electron chi connectivity index (χ0n) is 20.6. The molecule has 0 radical (unpaired) electrons. The summed E-state index contributed by atoms with van der Waals surface area (Å²) in [4.78, 5) is 27.8. The molecule has 3 rings (SSSR count). The molecule has 0 saturated heterocycles. The SMILES string of the molecule is CC(C)CCOc1ccc(Br)cc1C(=O)NC(=S)Nc1ccccc1C(=O)N(C)Cc1ccccc1. The van der Waals surface area contributed by atoms with E-state index in [2.05, 4.69) is 40.4 Å². The molecule has 0 atom stereocenters. The van der Waals surface area contributed by atoms with Crippen molar-refractivity contribution in [3.63, 3.8) is 0 Å². The summed E-state index contributed by atoms with van der Waals surface area (Å²) in [5, 5.41) is 5.79. The minimum atomic E-state index is -0.404. The van der Waals surface area contributed by atoms with E-state index in [1.165, 1.54) is 0 Å². The maximum absolute atomic E-state index is 13.2. The lowest BCUT2D eigenvalue weighted by Gasteiger charge is -2.20. The van der Waals surface area contributed by atoms with E-state index < -0.39 is 5.91 Å². The van der Waals surface area contributed by atoms with Crippen LogP contribution in [0.5, 0.6) is 5.75 Å². The Hall–Kier alpha value is -3.23. The molecular formula is C28H30BrN3O3S. The van der Waals surface area contributed by atoms with Crippen LogP contribution in [0.1, 0.15) is 46.5 Å². The predicted molar refractivity (Wildman–Crippen MR) is 151 cm³/mol. The highest BCUT2D eigenvalue weighted by Gasteiger charge is 2.19. The normalized spacial score (nSPS) is 10.6. The van der Waals surface area contributed by atoms with E-state index >= 15 is 0 Å². The van der Waals surface area contributed by atoms with Crippen LogP contribution < -0.4 is 15.4 Å². The number of rotatable bonds is 9. The van der Waals surface area contributed by atoms with Crippen molar-refractivity contribution in [2.24, 2.45) is 5.92 Å². The fourth-order valence-electron chi connectivity index (χ4n) is 3.45. The zero-order chi connectivity index (χ0) is 26.1. The van der Waals surface area contributed by atoms with Crippen LogP contribution in [0, 0.1) is 5.92 Å². The first-order valence-corrected chi connectivity index (χ1v) is 12.9. The van der Waals surface area contributed by atoms with Gasteiger partial charge in [-0.2, -0.15) is 0 Å². The number of halogens is 1. The minimum Gasteiger partial charge on any atom is -0.493 e. The highest BCUT2D eigenvalue weighted by molar-refractivity contribution is 9.10. The molecule has 0 unspecified atom stereocenters. The highest BCUT2D eigenvalue weighted by atomic mass is 79.9. The molecule has 0 heterocycles. The van der Waals surface area contributed by atoms with Crippen molar-refractivity contribution in [3.8, 4) is 5.75 Å². The van der Waals surface area contributed by atoms with Crippen molar-refractivity contribution in [2.75, 3.05) is 19.0 Å². The Kier molecular flexibility index (Phi) is 10.0. The van der Waals surface area contributed by atoms with E-state index in [0.717, 1.165) is 16.5 Å². The van der Waals surface area contributed by atoms with Crippen LogP contribution in [-0.4, -0.2) is 35.5 Å². The van der Waals surface area contributed by atoms with Crippen molar-refractivity contribution in [1.82, 2.24) is 10.2 Å². The minimum absolute atomic E-state index is 0.0825. The number of anilines is 1. The first-order valence-electron chi connectivity index (χ1n) is 11.7. The number of hydrogen-bond acceptors (Lipinski definition) is 4. The monoisotopic (exact) mass is 567 g/mol. The van der Waals surface area contributed by atoms with Gasteiger partial charge in [0, 0.05) is 18.1 Å². The van der Waals surface area contributed by atoms with Crippen LogP contribution in [0.3, 0.4) is 0 Å². The number of hydrogen-bond donors (Lipinski definition) is 2. The van der Waals surface area contributed by atoms with Gasteiger partial charge in [0.25, 0.3) is 11.8 Å². The largest absolute Gasteiger partial charge is 0.493 e. The topological polar surface area (TPSA) is 70.7 Å². The summed E-state index contributed by atoms with van der Waals surface area (Å²) in [6.07, 6.45) is 0.876. The zero-order valence-corrected chi connectivity index (χ0v) is 23.0. The maximum atomic E-state index is 13.2. The molecule has 2 N–H and O–H groups in total. The number of benzene rings is 3. The molecule has 0 aromatic heterocycles. The third kappa shape index (κ3) is 7.90. The summed E-state index contributed by atoms with van der Waals surface area (Å²) >= 11 is 8.82. The molecule has 0 aliphatic heterocycles. The molecule has 0 aliphatic rings. The molecule has 0 aliphatic carbocycles. The second kappa shape index (κ2) is 13.2.